The van der Waals surface area contributed by atoms with Gasteiger partial charge in [-0.2, -0.15) is 0 Å². The van der Waals surface area contributed by atoms with Gasteiger partial charge >= 0.3 is 0 Å². The molecule has 0 amide bonds. The quantitative estimate of drug-likeness (QED) is 0.292. The summed E-state index contributed by atoms with van der Waals surface area (Å²) in [5.41, 5.74) is 3.93. The summed E-state index contributed by atoms with van der Waals surface area (Å²) in [6.07, 6.45) is 9.46. The van der Waals surface area contributed by atoms with Crippen molar-refractivity contribution in [3.63, 3.8) is 0 Å². The number of aryl methyl sites for hydroxylation is 2. The Morgan fingerprint density at radius 3 is 2.23 bits per heavy atom. The van der Waals surface area contributed by atoms with E-state index in [0.29, 0.717) is 6.47 Å². The molecular formula is C23H28O3. The molecule has 3 nitrogen and oxygen atoms in total. The van der Waals surface area contributed by atoms with Crippen LogP contribution in [0.25, 0.3) is 0 Å². The average Bonchev–Trinajstić information content (AvgIpc) is 3.44. The predicted octanol–water partition coefficient (Wildman–Crippen LogP) is 5.38. The van der Waals surface area contributed by atoms with Crippen LogP contribution in [0.2, 0.25) is 0 Å². The molecule has 3 heteroatoms. The summed E-state index contributed by atoms with van der Waals surface area (Å²) in [5.74, 6) is 0. The van der Waals surface area contributed by atoms with Crippen molar-refractivity contribution >= 4 is 6.47 Å². The zero-order valence-corrected chi connectivity index (χ0v) is 15.3. The third-order valence-electron chi connectivity index (χ3n) is 5.01. The van der Waals surface area contributed by atoms with E-state index in [2.05, 4.69) is 48.5 Å². The third kappa shape index (κ3) is 5.70. The predicted molar refractivity (Wildman–Crippen MR) is 103 cm³/mol. The highest BCUT2D eigenvalue weighted by Crippen LogP contribution is 2.40. The van der Waals surface area contributed by atoms with E-state index < -0.39 is 6.29 Å². The second-order valence-electron chi connectivity index (χ2n) is 6.96. The molecule has 0 radical (unpaired) electrons. The van der Waals surface area contributed by atoms with E-state index in [1.165, 1.54) is 61.6 Å². The standard InChI is InChI=1S/C23H28O3/c24-18-25-23-22(26-23)21-17-11-10-16-20(21)15-9-4-2-1-3-6-12-19-13-7-5-8-14-19/h5,7-8,10-11,13-14,16-18,22-23H,1-4,6,9,12,15H2. The van der Waals surface area contributed by atoms with Gasteiger partial charge in [-0.1, -0.05) is 80.3 Å². The second-order valence-corrected chi connectivity index (χ2v) is 6.96. The number of epoxide rings is 1. The Bertz CT molecular complexity index is 668. The largest absolute Gasteiger partial charge is 0.435 e. The molecule has 1 aliphatic rings. The molecular weight excluding hydrogens is 324 g/mol. The molecule has 0 bridgehead atoms. The van der Waals surface area contributed by atoms with E-state index in [0.717, 1.165) is 6.42 Å². The number of hydrogen-bond acceptors (Lipinski definition) is 3. The molecule has 0 saturated carbocycles. The van der Waals surface area contributed by atoms with Crippen LogP contribution in [-0.2, 0) is 27.1 Å². The lowest BCUT2D eigenvalue weighted by Gasteiger charge is -2.07. The van der Waals surface area contributed by atoms with Gasteiger partial charge in [-0.25, -0.2) is 0 Å². The average molecular weight is 352 g/mol. The maximum Gasteiger partial charge on any atom is 0.295 e. The van der Waals surface area contributed by atoms with Gasteiger partial charge in [0, 0.05) is 0 Å². The van der Waals surface area contributed by atoms with E-state index in [4.69, 9.17) is 9.47 Å². The third-order valence-corrected chi connectivity index (χ3v) is 5.01. The number of unbranched alkanes of at least 4 members (excludes halogenated alkanes) is 5. The lowest BCUT2D eigenvalue weighted by Crippen LogP contribution is -1.98. The fourth-order valence-corrected chi connectivity index (χ4v) is 3.51. The molecule has 1 aliphatic heterocycles. The van der Waals surface area contributed by atoms with Crippen LogP contribution in [0.5, 0.6) is 0 Å². The van der Waals surface area contributed by atoms with Crippen molar-refractivity contribution in [1.82, 2.24) is 0 Å². The Balaban J connectivity index is 1.29. The van der Waals surface area contributed by atoms with Gasteiger partial charge in [0.05, 0.1) is 0 Å². The number of benzene rings is 2. The first-order valence-corrected chi connectivity index (χ1v) is 9.75. The highest BCUT2D eigenvalue weighted by Gasteiger charge is 2.43. The molecule has 0 spiro atoms. The van der Waals surface area contributed by atoms with Gasteiger partial charge in [0.1, 0.15) is 6.10 Å². The smallest absolute Gasteiger partial charge is 0.295 e. The number of carbonyl (C=O) groups excluding carboxylic acids is 1. The molecule has 2 aromatic rings. The molecule has 26 heavy (non-hydrogen) atoms. The minimum Gasteiger partial charge on any atom is -0.435 e. The summed E-state index contributed by atoms with van der Waals surface area (Å²) >= 11 is 0. The molecule has 1 saturated heterocycles. The molecule has 3 rings (SSSR count). The lowest BCUT2D eigenvalue weighted by molar-refractivity contribution is -0.133. The fourth-order valence-electron chi connectivity index (χ4n) is 3.51. The Kier molecular flexibility index (Phi) is 7.26. The van der Waals surface area contributed by atoms with Crippen LogP contribution in [0, 0.1) is 0 Å². The van der Waals surface area contributed by atoms with Crippen LogP contribution in [0.3, 0.4) is 0 Å². The first-order valence-electron chi connectivity index (χ1n) is 9.75. The number of carbonyl (C=O) groups is 1. The molecule has 138 valence electrons. The molecule has 0 N–H and O–H groups in total. The van der Waals surface area contributed by atoms with Crippen LogP contribution in [0.4, 0.5) is 0 Å². The van der Waals surface area contributed by atoms with Gasteiger partial charge < -0.3 is 9.47 Å². The summed E-state index contributed by atoms with van der Waals surface area (Å²) in [6, 6.07) is 19.1. The Morgan fingerprint density at radius 1 is 0.808 bits per heavy atom. The molecule has 0 aliphatic carbocycles. The van der Waals surface area contributed by atoms with Crippen molar-refractivity contribution in [2.75, 3.05) is 0 Å². The normalized spacial score (nSPS) is 18.5. The summed E-state index contributed by atoms with van der Waals surface area (Å²) in [7, 11) is 0. The van der Waals surface area contributed by atoms with Gasteiger partial charge in [0.2, 0.25) is 6.29 Å². The molecule has 1 heterocycles. The molecule has 2 aromatic carbocycles. The topological polar surface area (TPSA) is 38.8 Å². The highest BCUT2D eigenvalue weighted by molar-refractivity contribution is 5.39. The van der Waals surface area contributed by atoms with Crippen LogP contribution in [0.15, 0.2) is 54.6 Å². The van der Waals surface area contributed by atoms with Crippen molar-refractivity contribution in [3.05, 3.63) is 71.3 Å². The van der Waals surface area contributed by atoms with Gasteiger partial charge in [-0.3, -0.25) is 4.79 Å². The summed E-state index contributed by atoms with van der Waals surface area (Å²) in [6.45, 7) is 0.463. The summed E-state index contributed by atoms with van der Waals surface area (Å²) < 4.78 is 10.3. The van der Waals surface area contributed by atoms with Crippen LogP contribution in [0.1, 0.15) is 61.3 Å². The number of ether oxygens (including phenoxy) is 2. The first kappa shape index (κ1) is 18.7. The molecule has 1 fully saturated rings. The summed E-state index contributed by atoms with van der Waals surface area (Å²) in [5, 5.41) is 0. The monoisotopic (exact) mass is 352 g/mol. The molecule has 0 aromatic heterocycles. The van der Waals surface area contributed by atoms with Crippen molar-refractivity contribution < 1.29 is 14.3 Å². The molecule has 2 unspecified atom stereocenters. The van der Waals surface area contributed by atoms with E-state index in [1.54, 1.807) is 0 Å². The fraction of sp³-hybridized carbons (Fsp3) is 0.435. The van der Waals surface area contributed by atoms with Gasteiger partial charge in [0.15, 0.2) is 0 Å². The summed E-state index contributed by atoms with van der Waals surface area (Å²) in [4.78, 5) is 10.4. The van der Waals surface area contributed by atoms with Gasteiger partial charge in [0.25, 0.3) is 6.47 Å². The van der Waals surface area contributed by atoms with Crippen LogP contribution < -0.4 is 0 Å². The van der Waals surface area contributed by atoms with Gasteiger partial charge in [-0.05, 0) is 42.4 Å². The minimum absolute atomic E-state index is 0.0746. The second kappa shape index (κ2) is 10.1. The Labute approximate surface area is 156 Å². The zero-order valence-electron chi connectivity index (χ0n) is 15.3. The highest BCUT2D eigenvalue weighted by atomic mass is 16.8. The van der Waals surface area contributed by atoms with Crippen LogP contribution >= 0.6 is 0 Å². The van der Waals surface area contributed by atoms with Crippen molar-refractivity contribution in [2.24, 2.45) is 0 Å². The number of rotatable bonds is 12. The van der Waals surface area contributed by atoms with E-state index in [1.807, 2.05) is 6.07 Å². The van der Waals surface area contributed by atoms with Crippen molar-refractivity contribution in [1.29, 1.82) is 0 Å². The Hall–Kier alpha value is -2.13. The lowest BCUT2D eigenvalue weighted by atomic mass is 9.98. The van der Waals surface area contributed by atoms with E-state index in [-0.39, 0.29) is 6.10 Å². The van der Waals surface area contributed by atoms with Gasteiger partial charge in [-0.15, -0.1) is 0 Å². The number of hydrogen-bond donors (Lipinski definition) is 0. The van der Waals surface area contributed by atoms with Crippen molar-refractivity contribution in [3.8, 4) is 0 Å². The maximum absolute atomic E-state index is 10.4. The zero-order chi connectivity index (χ0) is 18.0. The van der Waals surface area contributed by atoms with E-state index >= 15 is 0 Å². The SMILES string of the molecule is O=COC1OC1c1ccccc1CCCCCCCCc1ccccc1. The van der Waals surface area contributed by atoms with E-state index in [9.17, 15) is 4.79 Å². The Morgan fingerprint density at radius 2 is 1.46 bits per heavy atom. The van der Waals surface area contributed by atoms with Crippen molar-refractivity contribution in [2.45, 2.75) is 63.8 Å². The van der Waals surface area contributed by atoms with Crippen LogP contribution in [-0.4, -0.2) is 12.8 Å². The first-order chi connectivity index (χ1) is 12.9. The molecule has 2 atom stereocenters. The minimum atomic E-state index is -0.390. The maximum atomic E-state index is 10.4.